The first-order valence-corrected chi connectivity index (χ1v) is 7.47. The zero-order chi connectivity index (χ0) is 19.1. The Morgan fingerprint density at radius 2 is 2.00 bits per heavy atom. The van der Waals surface area contributed by atoms with Gasteiger partial charge in [-0.05, 0) is 29.7 Å². The summed E-state index contributed by atoms with van der Waals surface area (Å²) in [6, 6.07) is 7.94. The van der Waals surface area contributed by atoms with Gasteiger partial charge in [-0.25, -0.2) is 0 Å². The Kier molecular flexibility index (Phi) is 6.42. The maximum Gasteiger partial charge on any atom is 0.387 e. The fourth-order valence-corrected chi connectivity index (χ4v) is 2.17. The molecule has 0 fully saturated rings. The van der Waals surface area contributed by atoms with Crippen molar-refractivity contribution in [2.75, 3.05) is 13.7 Å². The second-order valence-electron chi connectivity index (χ2n) is 5.13. The Bertz CT molecular complexity index is 812. The van der Waals surface area contributed by atoms with Gasteiger partial charge in [0.15, 0.2) is 11.5 Å². The Balaban J connectivity index is 2.02. The van der Waals surface area contributed by atoms with E-state index in [0.717, 1.165) is 23.8 Å². The van der Waals surface area contributed by atoms with Crippen molar-refractivity contribution in [3.05, 3.63) is 57.6 Å². The van der Waals surface area contributed by atoms with Crippen LogP contribution in [0.1, 0.15) is 11.1 Å². The zero-order valence-corrected chi connectivity index (χ0v) is 13.7. The third-order valence-corrected chi connectivity index (χ3v) is 3.41. The summed E-state index contributed by atoms with van der Waals surface area (Å²) in [6.07, 6.45) is 1.73. The molecule has 0 spiro atoms. The number of nitro benzene ring substituents is 1. The molecule has 0 amide bonds. The Morgan fingerprint density at radius 1 is 1.23 bits per heavy atom. The average Bonchev–Trinajstić information content (AvgIpc) is 2.60. The number of hydrogen-bond donors (Lipinski definition) is 0. The summed E-state index contributed by atoms with van der Waals surface area (Å²) in [5, 5.41) is 22.4. The highest BCUT2D eigenvalue weighted by Crippen LogP contribution is 2.29. The number of non-ortho nitro benzene ring substituents is 1. The first-order chi connectivity index (χ1) is 12.4. The number of alkyl halides is 2. The highest BCUT2D eigenvalue weighted by molar-refractivity contribution is 5.84. The van der Waals surface area contributed by atoms with Crippen molar-refractivity contribution in [3.63, 3.8) is 0 Å². The van der Waals surface area contributed by atoms with Crippen molar-refractivity contribution in [1.29, 1.82) is 0 Å². The maximum absolute atomic E-state index is 12.3. The van der Waals surface area contributed by atoms with Gasteiger partial charge in [-0.1, -0.05) is 17.9 Å². The van der Waals surface area contributed by atoms with E-state index in [9.17, 15) is 24.0 Å². The molecule has 2 rings (SSSR count). The van der Waals surface area contributed by atoms with Crippen LogP contribution in [0.4, 0.5) is 14.5 Å². The molecule has 0 aliphatic heterocycles. The van der Waals surface area contributed by atoms with Crippen molar-refractivity contribution in [2.24, 2.45) is 4.99 Å². The van der Waals surface area contributed by atoms with Crippen molar-refractivity contribution < 1.29 is 28.3 Å². The molecule has 2 aromatic carbocycles. The van der Waals surface area contributed by atoms with Crippen LogP contribution < -0.4 is 14.6 Å². The molecule has 0 unspecified atom stereocenters. The van der Waals surface area contributed by atoms with Crippen molar-refractivity contribution in [1.82, 2.24) is 0 Å². The van der Waals surface area contributed by atoms with Crippen molar-refractivity contribution in [3.8, 4) is 17.2 Å². The molecule has 0 aliphatic rings. The van der Waals surface area contributed by atoms with Gasteiger partial charge >= 0.3 is 6.61 Å². The van der Waals surface area contributed by atoms with Crippen LogP contribution in [0.2, 0.25) is 0 Å². The molecule has 0 saturated carbocycles. The zero-order valence-electron chi connectivity index (χ0n) is 13.7. The minimum absolute atomic E-state index is 0.0673. The number of ether oxygens (including phenoxy) is 2. The van der Waals surface area contributed by atoms with Gasteiger partial charge in [0, 0.05) is 24.9 Å². The summed E-state index contributed by atoms with van der Waals surface area (Å²) < 4.78 is 33.9. The van der Waals surface area contributed by atoms with Crippen molar-refractivity contribution in [2.45, 2.75) is 13.0 Å². The molecule has 7 nitrogen and oxygen atoms in total. The molecule has 0 aliphatic carbocycles. The topological polar surface area (TPSA) is 97.0 Å². The van der Waals surface area contributed by atoms with Crippen LogP contribution in [0.3, 0.4) is 0 Å². The molecule has 0 aromatic heterocycles. The predicted octanol–water partition coefficient (Wildman–Crippen LogP) is 2.94. The predicted molar refractivity (Wildman–Crippen MR) is 88.3 cm³/mol. The van der Waals surface area contributed by atoms with Gasteiger partial charge in [-0.15, -0.1) is 0 Å². The molecule has 26 heavy (non-hydrogen) atoms. The normalized spacial score (nSPS) is 11.1. The van der Waals surface area contributed by atoms with Gasteiger partial charge < -0.3 is 14.6 Å². The van der Waals surface area contributed by atoms with E-state index in [2.05, 4.69) is 9.73 Å². The van der Waals surface area contributed by atoms with E-state index >= 15 is 0 Å². The van der Waals surface area contributed by atoms with Gasteiger partial charge in [-0.2, -0.15) is 8.78 Å². The summed E-state index contributed by atoms with van der Waals surface area (Å²) in [5.41, 5.74) is 0.699. The van der Waals surface area contributed by atoms with Crippen LogP contribution in [-0.4, -0.2) is 31.4 Å². The fourth-order valence-electron chi connectivity index (χ4n) is 2.17. The molecule has 0 saturated heterocycles. The van der Waals surface area contributed by atoms with Crippen LogP contribution >= 0.6 is 0 Å². The van der Waals surface area contributed by atoms with E-state index < -0.39 is 11.5 Å². The third-order valence-electron chi connectivity index (χ3n) is 3.41. The van der Waals surface area contributed by atoms with Gasteiger partial charge in [0.1, 0.15) is 0 Å². The summed E-state index contributed by atoms with van der Waals surface area (Å²) >= 11 is 0. The molecule has 0 bridgehead atoms. The summed E-state index contributed by atoms with van der Waals surface area (Å²) in [6.45, 7) is -2.66. The van der Waals surface area contributed by atoms with Gasteiger partial charge in [0.05, 0.1) is 12.0 Å². The number of methoxy groups -OCH3 is 1. The van der Waals surface area contributed by atoms with E-state index in [0.29, 0.717) is 13.0 Å². The lowest BCUT2D eigenvalue weighted by Crippen LogP contribution is -2.04. The molecule has 9 heteroatoms. The number of aliphatic imine (C=N–C) groups is 1. The smallest absolute Gasteiger partial charge is 0.387 e. The molecular weight excluding hydrogens is 350 g/mol. The number of rotatable bonds is 8. The van der Waals surface area contributed by atoms with E-state index in [1.807, 2.05) is 0 Å². The molecule has 0 radical (unpaired) electrons. The van der Waals surface area contributed by atoms with E-state index in [1.165, 1.54) is 19.4 Å². The summed E-state index contributed by atoms with van der Waals surface area (Å²) in [7, 11) is 1.34. The first kappa shape index (κ1) is 19.1. The largest absolute Gasteiger partial charge is 0.872 e. The van der Waals surface area contributed by atoms with Crippen LogP contribution in [0.5, 0.6) is 17.2 Å². The average molecular weight is 365 g/mol. The molecule has 0 atom stereocenters. The third kappa shape index (κ3) is 5.13. The van der Waals surface area contributed by atoms with E-state index in [4.69, 9.17) is 4.74 Å². The Hall–Kier alpha value is -3.23. The number of nitro groups is 1. The van der Waals surface area contributed by atoms with E-state index in [-0.39, 0.29) is 28.5 Å². The molecular formula is C17H15F2N2O5-. The summed E-state index contributed by atoms with van der Waals surface area (Å²) in [5.74, 6) is -0.260. The molecule has 0 N–H and O–H groups in total. The highest BCUT2D eigenvalue weighted by atomic mass is 19.3. The highest BCUT2D eigenvalue weighted by Gasteiger charge is 2.11. The number of benzene rings is 2. The second-order valence-corrected chi connectivity index (χ2v) is 5.13. The van der Waals surface area contributed by atoms with Gasteiger partial charge in [0.2, 0.25) is 0 Å². The SMILES string of the molecule is COc1cc(CCN=Cc2cc([N+](=O)[O-])ccc2[O-])ccc1OC(F)F. The minimum Gasteiger partial charge on any atom is -0.872 e. The second kappa shape index (κ2) is 8.75. The van der Waals surface area contributed by atoms with Gasteiger partial charge in [0.25, 0.3) is 5.69 Å². The monoisotopic (exact) mass is 365 g/mol. The Morgan fingerprint density at radius 3 is 2.65 bits per heavy atom. The van der Waals surface area contributed by atoms with Crippen molar-refractivity contribution >= 4 is 11.9 Å². The molecule has 2 aromatic rings. The lowest BCUT2D eigenvalue weighted by molar-refractivity contribution is -0.385. The van der Waals surface area contributed by atoms with Gasteiger partial charge in [-0.3, -0.25) is 15.1 Å². The minimum atomic E-state index is -2.95. The van der Waals surface area contributed by atoms with Crippen LogP contribution in [0.15, 0.2) is 41.4 Å². The molecule has 0 heterocycles. The Labute approximate surface area is 147 Å². The number of hydrogen-bond acceptors (Lipinski definition) is 6. The first-order valence-electron chi connectivity index (χ1n) is 7.47. The van der Waals surface area contributed by atoms with Crippen LogP contribution in [0.25, 0.3) is 0 Å². The lowest BCUT2D eigenvalue weighted by Gasteiger charge is -2.11. The number of nitrogens with zero attached hydrogens (tertiary/aromatic N) is 2. The maximum atomic E-state index is 12.3. The standard InChI is InChI=1S/C17H16F2N2O5/c1-25-16-8-11(2-5-15(16)26-17(18)19)6-7-20-10-12-9-13(21(23)24)3-4-14(12)22/h2-5,8-10,17,22H,6-7H2,1H3/p-1. The lowest BCUT2D eigenvalue weighted by atomic mass is 10.1. The van der Waals surface area contributed by atoms with E-state index in [1.54, 1.807) is 12.1 Å². The fraction of sp³-hybridized carbons (Fsp3) is 0.235. The van der Waals surface area contributed by atoms with Crippen LogP contribution in [-0.2, 0) is 6.42 Å². The summed E-state index contributed by atoms with van der Waals surface area (Å²) in [4.78, 5) is 14.2. The molecule has 138 valence electrons. The van der Waals surface area contributed by atoms with Crippen LogP contribution in [0, 0.1) is 10.1 Å². The quantitative estimate of drug-likeness (QED) is 0.407. The number of halogens is 2.